The van der Waals surface area contributed by atoms with E-state index >= 15 is 0 Å². The molecule has 2 aliphatic rings. The molecule has 1 unspecified atom stereocenters. The molecule has 0 spiro atoms. The average molecular weight is 380 g/mol. The van der Waals surface area contributed by atoms with Gasteiger partial charge in [-0.2, -0.15) is 0 Å². The van der Waals surface area contributed by atoms with Gasteiger partial charge >= 0.3 is 6.03 Å². The summed E-state index contributed by atoms with van der Waals surface area (Å²) >= 11 is 0. The maximum absolute atomic E-state index is 11.9. The fraction of sp³-hybridized carbons (Fsp3) is 0.435. The number of urea groups is 1. The van der Waals surface area contributed by atoms with Crippen LogP contribution < -0.4 is 15.4 Å². The van der Waals surface area contributed by atoms with E-state index in [4.69, 9.17) is 4.74 Å². The molecule has 28 heavy (non-hydrogen) atoms. The van der Waals surface area contributed by atoms with Crippen LogP contribution in [0.5, 0.6) is 5.75 Å². The summed E-state index contributed by atoms with van der Waals surface area (Å²) in [5.74, 6) is 1.75. The first-order valence-corrected chi connectivity index (χ1v) is 10.3. The molecule has 2 heterocycles. The van der Waals surface area contributed by atoms with Crippen molar-refractivity contribution in [2.24, 2.45) is 5.92 Å². The Morgan fingerprint density at radius 2 is 1.79 bits per heavy atom. The Balaban J connectivity index is 1.11. The van der Waals surface area contributed by atoms with Gasteiger partial charge in [0.15, 0.2) is 0 Å². The highest BCUT2D eigenvalue weighted by molar-refractivity contribution is 5.89. The molecule has 1 fully saturated rings. The second-order valence-corrected chi connectivity index (χ2v) is 7.83. The maximum Gasteiger partial charge on any atom is 0.319 e. The summed E-state index contributed by atoms with van der Waals surface area (Å²) in [6, 6.07) is 17.8. The van der Waals surface area contributed by atoms with E-state index < -0.39 is 0 Å². The Labute approximate surface area is 167 Å². The third kappa shape index (κ3) is 5.04. The van der Waals surface area contributed by atoms with Crippen LogP contribution in [0, 0.1) is 5.92 Å². The quantitative estimate of drug-likeness (QED) is 0.800. The summed E-state index contributed by atoms with van der Waals surface area (Å²) < 4.78 is 6.08. The van der Waals surface area contributed by atoms with Crippen molar-refractivity contribution in [3.05, 3.63) is 60.2 Å². The molecular weight excluding hydrogens is 350 g/mol. The number of fused-ring (bicyclic) bond motifs is 1. The molecule has 0 aliphatic carbocycles. The molecule has 0 saturated carbocycles. The van der Waals surface area contributed by atoms with Crippen LogP contribution in [0.25, 0.3) is 0 Å². The fourth-order valence-corrected chi connectivity index (χ4v) is 4.19. The van der Waals surface area contributed by atoms with Crippen molar-refractivity contribution in [1.29, 1.82) is 0 Å². The number of amides is 2. The van der Waals surface area contributed by atoms with Crippen LogP contribution in [-0.2, 0) is 6.42 Å². The summed E-state index contributed by atoms with van der Waals surface area (Å²) in [7, 11) is 0. The Bertz CT molecular complexity index is 747. The van der Waals surface area contributed by atoms with E-state index in [-0.39, 0.29) is 12.1 Å². The lowest BCUT2D eigenvalue weighted by Gasteiger charge is -2.33. The van der Waals surface area contributed by atoms with Gasteiger partial charge in [-0.1, -0.05) is 36.4 Å². The van der Waals surface area contributed by atoms with Gasteiger partial charge in [-0.15, -0.1) is 0 Å². The second-order valence-electron chi connectivity index (χ2n) is 7.83. The first-order chi connectivity index (χ1) is 13.8. The van der Waals surface area contributed by atoms with Gasteiger partial charge in [0, 0.05) is 25.2 Å². The minimum Gasteiger partial charge on any atom is -0.488 e. The number of anilines is 1. The summed E-state index contributed by atoms with van der Waals surface area (Å²) in [6.07, 6.45) is 4.75. The Morgan fingerprint density at radius 3 is 2.57 bits per heavy atom. The number of carbonyl (C=O) groups excluding carboxylic acids is 1. The average Bonchev–Trinajstić information content (AvgIpc) is 3.12. The summed E-state index contributed by atoms with van der Waals surface area (Å²) in [4.78, 5) is 14.5. The summed E-state index contributed by atoms with van der Waals surface area (Å²) in [5, 5.41) is 5.84. The molecule has 4 rings (SSSR count). The van der Waals surface area contributed by atoms with Crippen molar-refractivity contribution in [2.75, 3.05) is 31.5 Å². The smallest absolute Gasteiger partial charge is 0.319 e. The molecule has 2 N–H and O–H groups in total. The zero-order valence-electron chi connectivity index (χ0n) is 16.3. The third-order valence-electron chi connectivity index (χ3n) is 5.75. The fourth-order valence-electron chi connectivity index (χ4n) is 4.19. The molecule has 0 bridgehead atoms. The monoisotopic (exact) mass is 379 g/mol. The lowest BCUT2D eigenvalue weighted by molar-refractivity contribution is 0.115. The summed E-state index contributed by atoms with van der Waals surface area (Å²) in [6.45, 7) is 3.98. The Kier molecular flexibility index (Phi) is 6.12. The number of para-hydroxylation sites is 2. The minimum atomic E-state index is -0.124. The number of nitrogens with one attached hydrogen (secondary N) is 2. The largest absolute Gasteiger partial charge is 0.488 e. The van der Waals surface area contributed by atoms with E-state index in [2.05, 4.69) is 33.7 Å². The molecule has 2 amide bonds. The predicted octanol–water partition coefficient (Wildman–Crippen LogP) is 3.91. The molecular formula is C23H29N3O2. The number of carbonyl (C=O) groups is 1. The lowest BCUT2D eigenvalue weighted by atomic mass is 9.93. The number of hydrogen-bond acceptors (Lipinski definition) is 3. The van der Waals surface area contributed by atoms with Crippen LogP contribution in [0.15, 0.2) is 54.6 Å². The van der Waals surface area contributed by atoms with Crippen LogP contribution in [0.1, 0.15) is 24.8 Å². The van der Waals surface area contributed by atoms with E-state index in [1.807, 2.05) is 36.4 Å². The van der Waals surface area contributed by atoms with E-state index in [0.717, 1.165) is 50.5 Å². The van der Waals surface area contributed by atoms with Gasteiger partial charge in [-0.3, -0.25) is 4.90 Å². The molecule has 0 radical (unpaired) electrons. The first kappa shape index (κ1) is 18.8. The standard InChI is InChI=1S/C23H29N3O2/c27-23(25-20-7-2-1-3-8-20)24-13-10-18-11-14-26(15-12-18)17-21-16-19-6-4-5-9-22(19)28-21/h1-9,18,21H,10-17H2,(H2,24,25,27). The van der Waals surface area contributed by atoms with Gasteiger partial charge in [0.1, 0.15) is 11.9 Å². The molecule has 2 aromatic carbocycles. The minimum absolute atomic E-state index is 0.124. The van der Waals surface area contributed by atoms with E-state index in [1.54, 1.807) is 0 Å². The molecule has 5 heteroatoms. The highest BCUT2D eigenvalue weighted by Gasteiger charge is 2.26. The normalized spacial score (nSPS) is 19.6. The number of hydrogen-bond donors (Lipinski definition) is 2. The second kappa shape index (κ2) is 9.11. The van der Waals surface area contributed by atoms with Gasteiger partial charge in [0.05, 0.1) is 0 Å². The Hall–Kier alpha value is -2.53. The molecule has 5 nitrogen and oxygen atoms in total. The van der Waals surface area contributed by atoms with Crippen molar-refractivity contribution in [3.63, 3.8) is 0 Å². The zero-order chi connectivity index (χ0) is 19.2. The number of ether oxygens (including phenoxy) is 1. The van der Waals surface area contributed by atoms with Crippen LogP contribution in [0.2, 0.25) is 0 Å². The number of nitrogens with zero attached hydrogens (tertiary/aromatic N) is 1. The molecule has 0 aromatic heterocycles. The summed E-state index contributed by atoms with van der Waals surface area (Å²) in [5.41, 5.74) is 2.16. The van der Waals surface area contributed by atoms with Crippen molar-refractivity contribution >= 4 is 11.7 Å². The number of likely N-dealkylation sites (tertiary alicyclic amines) is 1. The molecule has 1 atom stereocenters. The van der Waals surface area contributed by atoms with Gasteiger partial charge in [0.2, 0.25) is 0 Å². The van der Waals surface area contributed by atoms with Crippen LogP contribution in [-0.4, -0.2) is 43.2 Å². The topological polar surface area (TPSA) is 53.6 Å². The van der Waals surface area contributed by atoms with Crippen molar-refractivity contribution in [2.45, 2.75) is 31.8 Å². The van der Waals surface area contributed by atoms with Crippen molar-refractivity contribution < 1.29 is 9.53 Å². The van der Waals surface area contributed by atoms with Crippen molar-refractivity contribution in [1.82, 2.24) is 10.2 Å². The van der Waals surface area contributed by atoms with Gasteiger partial charge in [-0.25, -0.2) is 4.79 Å². The Morgan fingerprint density at radius 1 is 1.04 bits per heavy atom. The molecule has 1 saturated heterocycles. The third-order valence-corrected chi connectivity index (χ3v) is 5.75. The maximum atomic E-state index is 11.9. The number of benzene rings is 2. The molecule has 2 aliphatic heterocycles. The van der Waals surface area contributed by atoms with Gasteiger partial charge in [-0.05, 0) is 62.0 Å². The lowest BCUT2D eigenvalue weighted by Crippen LogP contribution is -2.41. The SMILES string of the molecule is O=C(NCCC1CCN(CC2Cc3ccccc3O2)CC1)Nc1ccccc1. The molecule has 2 aromatic rings. The molecule has 148 valence electrons. The van der Waals surface area contributed by atoms with Gasteiger partial charge < -0.3 is 15.4 Å². The zero-order valence-corrected chi connectivity index (χ0v) is 16.3. The van der Waals surface area contributed by atoms with E-state index in [9.17, 15) is 4.79 Å². The van der Waals surface area contributed by atoms with Crippen molar-refractivity contribution in [3.8, 4) is 5.75 Å². The van der Waals surface area contributed by atoms with Gasteiger partial charge in [0.25, 0.3) is 0 Å². The first-order valence-electron chi connectivity index (χ1n) is 10.3. The van der Waals surface area contributed by atoms with Crippen LogP contribution >= 0.6 is 0 Å². The van der Waals surface area contributed by atoms with E-state index in [0.29, 0.717) is 5.92 Å². The predicted molar refractivity (Wildman–Crippen MR) is 112 cm³/mol. The van der Waals surface area contributed by atoms with E-state index in [1.165, 1.54) is 18.4 Å². The number of rotatable bonds is 6. The highest BCUT2D eigenvalue weighted by Crippen LogP contribution is 2.29. The van der Waals surface area contributed by atoms with Crippen LogP contribution in [0.3, 0.4) is 0 Å². The highest BCUT2D eigenvalue weighted by atomic mass is 16.5. The number of piperidine rings is 1. The van der Waals surface area contributed by atoms with Crippen LogP contribution in [0.4, 0.5) is 10.5 Å².